The summed E-state index contributed by atoms with van der Waals surface area (Å²) in [6, 6.07) is 11.3. The van der Waals surface area contributed by atoms with Crippen LogP contribution in [0.5, 0.6) is 5.75 Å². The Hall–Kier alpha value is -3.59. The maximum absolute atomic E-state index is 12.7. The third kappa shape index (κ3) is 3.44. The Bertz CT molecular complexity index is 1310. The molecule has 0 amide bonds. The first-order valence-corrected chi connectivity index (χ1v) is 10.8. The van der Waals surface area contributed by atoms with E-state index in [1.54, 1.807) is 6.07 Å². The summed E-state index contributed by atoms with van der Waals surface area (Å²) < 4.78 is 1.49. The van der Waals surface area contributed by atoms with Gasteiger partial charge in [-0.2, -0.15) is 10.2 Å². The number of hydrogen-bond acceptors (Lipinski definition) is 6. The third-order valence-electron chi connectivity index (χ3n) is 6.17. The number of nitrogens with one attached hydrogen (secondary N) is 2. The Morgan fingerprint density at radius 1 is 0.969 bits per heavy atom. The molecule has 0 radical (unpaired) electrons. The first-order chi connectivity index (χ1) is 15.4. The summed E-state index contributed by atoms with van der Waals surface area (Å²) in [6.45, 7) is 8.16. The fourth-order valence-electron chi connectivity index (χ4n) is 4.28. The average Bonchev–Trinajstić information content (AvgIpc) is 3.37. The molecule has 3 N–H and O–H groups in total. The highest BCUT2D eigenvalue weighted by Gasteiger charge is 2.20. The van der Waals surface area contributed by atoms with Gasteiger partial charge in [0.05, 0.1) is 16.8 Å². The number of likely N-dealkylation sites (N-methyl/N-ethyl adjacent to an activating group) is 1. The number of aromatic nitrogens is 5. The number of hydrogen-bond donors (Lipinski definition) is 3. The minimum atomic E-state index is -0.358. The van der Waals surface area contributed by atoms with Crippen molar-refractivity contribution >= 4 is 16.6 Å². The Morgan fingerprint density at radius 3 is 2.34 bits per heavy atom. The number of aromatic hydroxyl groups is 1. The lowest BCUT2D eigenvalue weighted by molar-refractivity contribution is 0.313. The second-order valence-corrected chi connectivity index (χ2v) is 8.67. The molecule has 2 aromatic heterocycles. The van der Waals surface area contributed by atoms with Crippen molar-refractivity contribution in [3.8, 4) is 22.8 Å². The van der Waals surface area contributed by atoms with E-state index >= 15 is 0 Å². The average molecular weight is 434 g/mol. The van der Waals surface area contributed by atoms with Crippen molar-refractivity contribution in [2.24, 2.45) is 0 Å². The Labute approximate surface area is 185 Å². The van der Waals surface area contributed by atoms with E-state index in [0.717, 1.165) is 42.9 Å². The van der Waals surface area contributed by atoms with Crippen LogP contribution in [0.25, 0.3) is 28.0 Å². The number of phenols is 1. The first-order valence-electron chi connectivity index (χ1n) is 10.8. The van der Waals surface area contributed by atoms with Crippen LogP contribution in [-0.2, 0) is 0 Å². The lowest BCUT2D eigenvalue weighted by Gasteiger charge is -2.34. The summed E-state index contributed by atoms with van der Waals surface area (Å²) in [7, 11) is 2.13. The van der Waals surface area contributed by atoms with Gasteiger partial charge in [-0.25, -0.2) is 14.5 Å². The minimum absolute atomic E-state index is 0.0219. The number of phenolic OH excluding ortho intramolecular Hbond substituents is 1. The quantitative estimate of drug-likeness (QED) is 0.457. The molecule has 5 rings (SSSR count). The Balaban J connectivity index is 1.55. The second kappa shape index (κ2) is 7.83. The topological polar surface area (TPSA) is 106 Å². The van der Waals surface area contributed by atoms with Crippen molar-refractivity contribution in [1.29, 1.82) is 0 Å². The molecule has 0 aliphatic carbocycles. The molecular weight excluding hydrogens is 406 g/mol. The molecule has 0 atom stereocenters. The largest absolute Gasteiger partial charge is 0.507 e. The van der Waals surface area contributed by atoms with Crippen LogP contribution in [0.4, 0.5) is 5.69 Å². The molecule has 1 aliphatic heterocycles. The van der Waals surface area contributed by atoms with Crippen LogP contribution < -0.4 is 10.6 Å². The van der Waals surface area contributed by atoms with Gasteiger partial charge in [0, 0.05) is 49.0 Å². The van der Waals surface area contributed by atoms with Crippen LogP contribution in [0.2, 0.25) is 0 Å². The zero-order chi connectivity index (χ0) is 22.4. The number of H-pyrrole nitrogens is 2. The number of rotatable bonds is 4. The van der Waals surface area contributed by atoms with E-state index in [-0.39, 0.29) is 17.4 Å². The number of benzene rings is 2. The monoisotopic (exact) mass is 433 g/mol. The fourth-order valence-corrected chi connectivity index (χ4v) is 4.28. The van der Waals surface area contributed by atoms with Gasteiger partial charge in [0.2, 0.25) is 0 Å². The molecule has 0 saturated carbocycles. The molecular formula is C23H27N7O2. The van der Waals surface area contributed by atoms with E-state index in [2.05, 4.69) is 51.1 Å². The minimum Gasteiger partial charge on any atom is -0.507 e. The van der Waals surface area contributed by atoms with Gasteiger partial charge in [0.15, 0.2) is 5.82 Å². The standard InChI is InChI=1S/C23H27N7O2/c1-14(2)21-17-12-18(20(31)13-19(17)24-25-21)22-26-27-23(32)30(22)16-6-4-15(5-7-16)29-10-8-28(3)9-11-29/h4-7,12-14,31H,8-11H2,1-3H3,(H,24,25)(H,27,32). The zero-order valence-corrected chi connectivity index (χ0v) is 18.5. The molecule has 2 aromatic carbocycles. The predicted molar refractivity (Wildman–Crippen MR) is 125 cm³/mol. The molecule has 32 heavy (non-hydrogen) atoms. The van der Waals surface area contributed by atoms with Crippen LogP contribution in [-0.4, -0.2) is 68.2 Å². The molecule has 1 aliphatic rings. The van der Waals surface area contributed by atoms with E-state index in [1.807, 2.05) is 30.3 Å². The smallest absolute Gasteiger partial charge is 0.348 e. The van der Waals surface area contributed by atoms with Crippen molar-refractivity contribution in [2.75, 3.05) is 38.1 Å². The number of nitrogens with zero attached hydrogens (tertiary/aromatic N) is 5. The van der Waals surface area contributed by atoms with Crippen LogP contribution in [0.15, 0.2) is 41.2 Å². The summed E-state index contributed by atoms with van der Waals surface area (Å²) in [5.74, 6) is 0.618. The molecule has 0 spiro atoms. The summed E-state index contributed by atoms with van der Waals surface area (Å²) >= 11 is 0. The molecule has 1 fully saturated rings. The molecule has 166 valence electrons. The van der Waals surface area contributed by atoms with Gasteiger partial charge in [0.25, 0.3) is 0 Å². The Morgan fingerprint density at radius 2 is 1.66 bits per heavy atom. The van der Waals surface area contributed by atoms with E-state index in [4.69, 9.17) is 0 Å². The zero-order valence-electron chi connectivity index (χ0n) is 18.5. The molecule has 9 nitrogen and oxygen atoms in total. The van der Waals surface area contributed by atoms with E-state index in [1.165, 1.54) is 4.57 Å². The van der Waals surface area contributed by atoms with Gasteiger partial charge < -0.3 is 14.9 Å². The number of piperazine rings is 1. The second-order valence-electron chi connectivity index (χ2n) is 8.67. The maximum atomic E-state index is 12.7. The van der Waals surface area contributed by atoms with Crippen molar-refractivity contribution in [2.45, 2.75) is 19.8 Å². The third-order valence-corrected chi connectivity index (χ3v) is 6.17. The van der Waals surface area contributed by atoms with Gasteiger partial charge in [0.1, 0.15) is 5.75 Å². The summed E-state index contributed by atoms with van der Waals surface area (Å²) in [6.07, 6.45) is 0. The van der Waals surface area contributed by atoms with Crippen molar-refractivity contribution < 1.29 is 5.11 Å². The van der Waals surface area contributed by atoms with Gasteiger partial charge >= 0.3 is 5.69 Å². The highest BCUT2D eigenvalue weighted by molar-refractivity contribution is 5.89. The van der Waals surface area contributed by atoms with Gasteiger partial charge in [-0.05, 0) is 43.3 Å². The van der Waals surface area contributed by atoms with Crippen molar-refractivity contribution in [1.82, 2.24) is 29.9 Å². The molecule has 0 unspecified atom stereocenters. The maximum Gasteiger partial charge on any atom is 0.348 e. The number of fused-ring (bicyclic) bond motifs is 1. The summed E-state index contributed by atoms with van der Waals surface area (Å²) in [4.78, 5) is 17.3. The highest BCUT2D eigenvalue weighted by atomic mass is 16.3. The lowest BCUT2D eigenvalue weighted by atomic mass is 10.0. The predicted octanol–water partition coefficient (Wildman–Crippen LogP) is 2.68. The van der Waals surface area contributed by atoms with E-state index < -0.39 is 0 Å². The molecule has 4 aromatic rings. The summed E-state index contributed by atoms with van der Waals surface area (Å²) in [5, 5.41) is 25.7. The van der Waals surface area contributed by atoms with Crippen LogP contribution in [0.1, 0.15) is 25.5 Å². The normalized spacial score (nSPS) is 15.2. The number of anilines is 1. The van der Waals surface area contributed by atoms with Gasteiger partial charge in [-0.1, -0.05) is 13.8 Å². The van der Waals surface area contributed by atoms with Crippen molar-refractivity contribution in [3.63, 3.8) is 0 Å². The Kier molecular flexibility index (Phi) is 4.97. The lowest BCUT2D eigenvalue weighted by Crippen LogP contribution is -2.44. The summed E-state index contributed by atoms with van der Waals surface area (Å²) in [5.41, 5.74) is 3.58. The molecule has 0 bridgehead atoms. The highest BCUT2D eigenvalue weighted by Crippen LogP contribution is 2.35. The fraction of sp³-hybridized carbons (Fsp3) is 0.348. The SMILES string of the molecule is CC(C)c1[nH]nc2cc(O)c(-c3n[nH]c(=O)n3-c3ccc(N4CCN(C)CC4)cc3)cc12. The van der Waals surface area contributed by atoms with Crippen LogP contribution >= 0.6 is 0 Å². The molecule has 1 saturated heterocycles. The molecule has 9 heteroatoms. The number of aromatic amines is 2. The van der Waals surface area contributed by atoms with Gasteiger partial charge in [-0.15, -0.1) is 0 Å². The first kappa shape index (κ1) is 20.3. The van der Waals surface area contributed by atoms with Crippen LogP contribution in [0.3, 0.4) is 0 Å². The van der Waals surface area contributed by atoms with Gasteiger partial charge in [-0.3, -0.25) is 5.10 Å². The van der Waals surface area contributed by atoms with E-state index in [9.17, 15) is 9.90 Å². The van der Waals surface area contributed by atoms with E-state index in [0.29, 0.717) is 22.6 Å². The molecule has 3 heterocycles. The van der Waals surface area contributed by atoms with Crippen molar-refractivity contribution in [3.05, 3.63) is 52.6 Å². The van der Waals surface area contributed by atoms with Crippen LogP contribution in [0, 0.1) is 0 Å².